The molecule has 0 spiro atoms. The number of aromatic nitrogens is 2. The number of aromatic amines is 1. The van der Waals surface area contributed by atoms with Crippen LogP contribution in [0.4, 0.5) is 4.39 Å². The minimum absolute atomic E-state index is 0.197. The number of benzene rings is 1. The predicted octanol–water partition coefficient (Wildman–Crippen LogP) is 3.22. The van der Waals surface area contributed by atoms with E-state index in [9.17, 15) is 9.18 Å². The summed E-state index contributed by atoms with van der Waals surface area (Å²) in [6.45, 7) is 1.74. The molecule has 23 heavy (non-hydrogen) atoms. The van der Waals surface area contributed by atoms with E-state index in [0.717, 1.165) is 43.0 Å². The maximum absolute atomic E-state index is 13.0. The van der Waals surface area contributed by atoms with Crippen LogP contribution in [0.5, 0.6) is 0 Å². The van der Waals surface area contributed by atoms with E-state index in [1.807, 2.05) is 0 Å². The number of carboxylic acid groups (broad SMARTS) is 1. The van der Waals surface area contributed by atoms with Gasteiger partial charge in [0.05, 0.1) is 17.9 Å². The molecule has 1 aromatic carbocycles. The number of likely N-dealkylation sites (tertiary alicyclic amines) is 1. The Kier molecular flexibility index (Phi) is 4.71. The lowest BCUT2D eigenvalue weighted by atomic mass is 10.1. The number of nitrogens with one attached hydrogen (secondary N) is 1. The van der Waals surface area contributed by atoms with Crippen molar-refractivity contribution >= 4 is 5.97 Å². The van der Waals surface area contributed by atoms with Gasteiger partial charge in [0.1, 0.15) is 11.6 Å². The van der Waals surface area contributed by atoms with Gasteiger partial charge in [0.2, 0.25) is 0 Å². The van der Waals surface area contributed by atoms with Crippen LogP contribution in [0.2, 0.25) is 0 Å². The fraction of sp³-hybridized carbons (Fsp3) is 0.412. The zero-order valence-corrected chi connectivity index (χ0v) is 12.8. The zero-order chi connectivity index (χ0) is 16.2. The molecule has 0 bridgehead atoms. The van der Waals surface area contributed by atoms with E-state index >= 15 is 0 Å². The van der Waals surface area contributed by atoms with Crippen molar-refractivity contribution in [2.75, 3.05) is 13.1 Å². The largest absolute Gasteiger partial charge is 0.481 e. The first-order chi connectivity index (χ1) is 11.1. The Bertz CT molecular complexity index is 669. The van der Waals surface area contributed by atoms with Gasteiger partial charge in [0, 0.05) is 6.42 Å². The molecular weight excluding hydrogens is 297 g/mol. The molecule has 1 atom stereocenters. The summed E-state index contributed by atoms with van der Waals surface area (Å²) in [6.07, 6.45) is 4.73. The highest BCUT2D eigenvalue weighted by molar-refractivity contribution is 5.66. The van der Waals surface area contributed by atoms with Crippen molar-refractivity contribution < 1.29 is 14.3 Å². The third-order valence-electron chi connectivity index (χ3n) is 4.27. The summed E-state index contributed by atoms with van der Waals surface area (Å²) in [5, 5.41) is 8.76. The van der Waals surface area contributed by atoms with Gasteiger partial charge in [0.15, 0.2) is 0 Å². The number of aliphatic carboxylic acids is 1. The van der Waals surface area contributed by atoms with E-state index in [-0.39, 0.29) is 18.3 Å². The monoisotopic (exact) mass is 317 g/mol. The Morgan fingerprint density at radius 1 is 1.39 bits per heavy atom. The molecule has 3 rings (SSSR count). The predicted molar refractivity (Wildman–Crippen MR) is 84.4 cm³/mol. The number of rotatable bonds is 6. The molecule has 2 N–H and O–H groups in total. The smallest absolute Gasteiger partial charge is 0.303 e. The Labute approximate surface area is 134 Å². The normalized spacial score (nSPS) is 18.4. The number of hydrogen-bond donors (Lipinski definition) is 2. The lowest BCUT2D eigenvalue weighted by Gasteiger charge is -2.22. The van der Waals surface area contributed by atoms with Crippen molar-refractivity contribution in [1.29, 1.82) is 0 Å². The first kappa shape index (κ1) is 15.7. The number of halogens is 1. The quantitative estimate of drug-likeness (QED) is 0.858. The van der Waals surface area contributed by atoms with Gasteiger partial charge in [-0.2, -0.15) is 0 Å². The molecule has 1 aromatic heterocycles. The number of hydrogen-bond acceptors (Lipinski definition) is 3. The van der Waals surface area contributed by atoms with Crippen molar-refractivity contribution in [3.05, 3.63) is 42.1 Å². The fourth-order valence-electron chi connectivity index (χ4n) is 3.12. The van der Waals surface area contributed by atoms with Gasteiger partial charge in [-0.05, 0) is 62.2 Å². The molecule has 0 amide bonds. The summed E-state index contributed by atoms with van der Waals surface area (Å²) in [7, 11) is 0. The van der Waals surface area contributed by atoms with Gasteiger partial charge in [-0.3, -0.25) is 9.69 Å². The molecule has 0 radical (unpaired) electrons. The number of imidazole rings is 1. The maximum Gasteiger partial charge on any atom is 0.303 e. The average Bonchev–Trinajstić information content (AvgIpc) is 3.16. The molecule has 122 valence electrons. The lowest BCUT2D eigenvalue weighted by Crippen LogP contribution is -2.25. The van der Waals surface area contributed by atoms with Crippen molar-refractivity contribution in [3.8, 4) is 11.3 Å². The Hall–Kier alpha value is -2.21. The summed E-state index contributed by atoms with van der Waals surface area (Å²) in [4.78, 5) is 20.7. The second kappa shape index (κ2) is 6.91. The molecule has 1 aliphatic heterocycles. The standard InChI is InChI=1S/C17H20FN3O2/c18-13-7-5-12(6-8-13)14-11-19-17(20-14)15-3-1-9-21(15)10-2-4-16(22)23/h5-8,11,15H,1-4,9-10H2,(H,19,20)(H,22,23). The molecule has 1 fully saturated rings. The summed E-state index contributed by atoms with van der Waals surface area (Å²) >= 11 is 0. The Balaban J connectivity index is 1.68. The minimum atomic E-state index is -0.752. The van der Waals surface area contributed by atoms with E-state index in [0.29, 0.717) is 6.42 Å². The van der Waals surface area contributed by atoms with Crippen LogP contribution in [-0.2, 0) is 4.79 Å². The van der Waals surface area contributed by atoms with E-state index in [1.165, 1.54) is 12.1 Å². The van der Waals surface area contributed by atoms with E-state index in [2.05, 4.69) is 14.9 Å². The second-order valence-corrected chi connectivity index (χ2v) is 5.88. The number of carboxylic acids is 1. The first-order valence-electron chi connectivity index (χ1n) is 7.90. The molecule has 1 aliphatic rings. The average molecular weight is 317 g/mol. The molecular formula is C17H20FN3O2. The van der Waals surface area contributed by atoms with Crippen LogP contribution < -0.4 is 0 Å². The van der Waals surface area contributed by atoms with E-state index in [1.54, 1.807) is 18.3 Å². The first-order valence-corrected chi connectivity index (χ1v) is 7.90. The van der Waals surface area contributed by atoms with Crippen molar-refractivity contribution in [2.45, 2.75) is 31.7 Å². The molecule has 5 nitrogen and oxygen atoms in total. The highest BCUT2D eigenvalue weighted by Crippen LogP contribution is 2.31. The van der Waals surface area contributed by atoms with Crippen molar-refractivity contribution in [3.63, 3.8) is 0 Å². The fourth-order valence-corrected chi connectivity index (χ4v) is 3.12. The molecule has 0 saturated carbocycles. The molecule has 2 heterocycles. The number of carbonyl (C=O) groups is 1. The minimum Gasteiger partial charge on any atom is -0.481 e. The lowest BCUT2D eigenvalue weighted by molar-refractivity contribution is -0.137. The van der Waals surface area contributed by atoms with Gasteiger partial charge < -0.3 is 10.1 Å². The molecule has 6 heteroatoms. The summed E-state index contributed by atoms with van der Waals surface area (Å²) in [5.41, 5.74) is 1.78. The molecule has 1 unspecified atom stereocenters. The Morgan fingerprint density at radius 3 is 2.91 bits per heavy atom. The zero-order valence-electron chi connectivity index (χ0n) is 12.8. The molecule has 1 saturated heterocycles. The van der Waals surface area contributed by atoms with E-state index < -0.39 is 5.97 Å². The van der Waals surface area contributed by atoms with Crippen LogP contribution in [0.15, 0.2) is 30.5 Å². The van der Waals surface area contributed by atoms with Gasteiger partial charge in [-0.25, -0.2) is 9.37 Å². The summed E-state index contributed by atoms with van der Waals surface area (Å²) in [6, 6.07) is 6.53. The third kappa shape index (κ3) is 3.76. The summed E-state index contributed by atoms with van der Waals surface area (Å²) < 4.78 is 13.0. The Morgan fingerprint density at radius 2 is 2.17 bits per heavy atom. The van der Waals surface area contributed by atoms with Gasteiger partial charge >= 0.3 is 5.97 Å². The maximum atomic E-state index is 13.0. The highest BCUT2D eigenvalue weighted by Gasteiger charge is 2.27. The highest BCUT2D eigenvalue weighted by atomic mass is 19.1. The van der Waals surface area contributed by atoms with Crippen LogP contribution in [0.1, 0.15) is 37.5 Å². The topological polar surface area (TPSA) is 69.2 Å². The second-order valence-electron chi connectivity index (χ2n) is 5.88. The summed E-state index contributed by atoms with van der Waals surface area (Å²) in [5.74, 6) is -0.108. The number of H-pyrrole nitrogens is 1. The van der Waals surface area contributed by atoms with Crippen molar-refractivity contribution in [1.82, 2.24) is 14.9 Å². The van der Waals surface area contributed by atoms with Crippen molar-refractivity contribution in [2.24, 2.45) is 0 Å². The van der Waals surface area contributed by atoms with Crippen LogP contribution in [0.3, 0.4) is 0 Å². The van der Waals surface area contributed by atoms with Crippen LogP contribution in [0, 0.1) is 5.82 Å². The van der Waals surface area contributed by atoms with Crippen LogP contribution >= 0.6 is 0 Å². The van der Waals surface area contributed by atoms with Gasteiger partial charge in [-0.15, -0.1) is 0 Å². The van der Waals surface area contributed by atoms with E-state index in [4.69, 9.17) is 5.11 Å². The van der Waals surface area contributed by atoms with Crippen LogP contribution in [-0.4, -0.2) is 39.0 Å². The SMILES string of the molecule is O=C(O)CCCN1CCCC1c1ncc(-c2ccc(F)cc2)[nH]1. The van der Waals surface area contributed by atoms with Gasteiger partial charge in [0.25, 0.3) is 0 Å². The van der Waals surface area contributed by atoms with Gasteiger partial charge in [-0.1, -0.05) is 0 Å². The third-order valence-corrected chi connectivity index (χ3v) is 4.27. The molecule has 0 aliphatic carbocycles. The van der Waals surface area contributed by atoms with Crippen LogP contribution in [0.25, 0.3) is 11.3 Å². The number of nitrogens with zero attached hydrogens (tertiary/aromatic N) is 2. The molecule has 2 aromatic rings.